The van der Waals surface area contributed by atoms with E-state index >= 15 is 0 Å². The first kappa shape index (κ1) is 26.8. The van der Waals surface area contributed by atoms with Gasteiger partial charge in [-0.25, -0.2) is 0 Å². The molecule has 0 radical (unpaired) electrons. The topological polar surface area (TPSA) is 73.3 Å². The van der Waals surface area contributed by atoms with E-state index in [-0.39, 0.29) is 24.0 Å². The minimum absolute atomic E-state index is 0. The van der Waals surface area contributed by atoms with Crippen LogP contribution < -0.4 is 20.1 Å². The van der Waals surface area contributed by atoms with E-state index in [1.807, 2.05) is 19.9 Å². The van der Waals surface area contributed by atoms with Crippen molar-refractivity contribution in [3.8, 4) is 11.5 Å². The van der Waals surface area contributed by atoms with Gasteiger partial charge in [-0.15, -0.1) is 24.0 Å². The molecule has 1 aliphatic heterocycles. The van der Waals surface area contributed by atoms with Crippen LogP contribution >= 0.6 is 24.0 Å². The van der Waals surface area contributed by atoms with Crippen molar-refractivity contribution in [3.05, 3.63) is 23.8 Å². The van der Waals surface area contributed by atoms with Gasteiger partial charge in [-0.3, -0.25) is 4.99 Å². The Kier molecular flexibility index (Phi) is 14.7. The van der Waals surface area contributed by atoms with Gasteiger partial charge in [0.05, 0.1) is 25.9 Å². The summed E-state index contributed by atoms with van der Waals surface area (Å²) >= 11 is 0. The average Bonchev–Trinajstić information content (AvgIpc) is 3.25. The van der Waals surface area contributed by atoms with E-state index in [0.717, 1.165) is 69.4 Å². The van der Waals surface area contributed by atoms with Crippen LogP contribution in [-0.2, 0) is 15.9 Å². The van der Waals surface area contributed by atoms with Crippen LogP contribution in [0.4, 0.5) is 0 Å². The summed E-state index contributed by atoms with van der Waals surface area (Å²) in [6.45, 7) is 9.13. The lowest BCUT2D eigenvalue weighted by molar-refractivity contribution is 0.0168. The molecule has 1 aliphatic rings. The monoisotopic (exact) mass is 535 g/mol. The van der Waals surface area contributed by atoms with E-state index in [1.54, 1.807) is 7.05 Å². The number of hydrogen-bond acceptors (Lipinski definition) is 5. The molecule has 8 heteroatoms. The van der Waals surface area contributed by atoms with E-state index < -0.39 is 0 Å². The quantitative estimate of drug-likeness (QED) is 0.175. The van der Waals surface area contributed by atoms with E-state index in [0.29, 0.717) is 25.9 Å². The number of rotatable bonds is 13. The highest BCUT2D eigenvalue weighted by Gasteiger charge is 2.14. The summed E-state index contributed by atoms with van der Waals surface area (Å²) in [6.07, 6.45) is 4.38. The Morgan fingerprint density at radius 3 is 2.60 bits per heavy atom. The number of aliphatic imine (C=N–C) groups is 1. The fraction of sp³-hybridized carbons (Fsp3) is 0.682. The van der Waals surface area contributed by atoms with Crippen molar-refractivity contribution in [3.63, 3.8) is 0 Å². The molecule has 0 spiro atoms. The Labute approximate surface area is 198 Å². The molecule has 0 amide bonds. The first-order valence-electron chi connectivity index (χ1n) is 10.8. The largest absolute Gasteiger partial charge is 0.490 e. The zero-order valence-electron chi connectivity index (χ0n) is 18.6. The summed E-state index contributed by atoms with van der Waals surface area (Å²) in [6, 6.07) is 6.11. The molecule has 7 nitrogen and oxygen atoms in total. The maximum absolute atomic E-state index is 5.70. The summed E-state index contributed by atoms with van der Waals surface area (Å²) in [5, 5.41) is 6.68. The standard InChI is InChI=1S/C22H37N3O4.HI/c1-4-27-20-10-9-18(16-21(20)28-5-2)11-13-25-22(23-3)24-12-7-14-26-17-19-8-6-15-29-19;/h9-10,16,19H,4-8,11-15,17H2,1-3H3,(H2,23,24,25);1H. The molecule has 1 saturated heterocycles. The van der Waals surface area contributed by atoms with Crippen LogP contribution in [0.2, 0.25) is 0 Å². The number of hydrogen-bond donors (Lipinski definition) is 2. The maximum Gasteiger partial charge on any atom is 0.190 e. The molecule has 1 fully saturated rings. The molecule has 0 aliphatic carbocycles. The smallest absolute Gasteiger partial charge is 0.190 e. The maximum atomic E-state index is 5.70. The van der Waals surface area contributed by atoms with Gasteiger partial charge in [0.1, 0.15) is 0 Å². The normalized spacial score (nSPS) is 16.1. The molecule has 2 N–H and O–H groups in total. The SMILES string of the molecule is CCOc1ccc(CCNC(=NC)NCCCOCC2CCCO2)cc1OCC.I. The molecule has 1 heterocycles. The minimum Gasteiger partial charge on any atom is -0.490 e. The minimum atomic E-state index is 0. The Morgan fingerprint density at radius 1 is 1.13 bits per heavy atom. The second-order valence-electron chi connectivity index (χ2n) is 6.89. The van der Waals surface area contributed by atoms with Crippen LogP contribution in [0.15, 0.2) is 23.2 Å². The van der Waals surface area contributed by atoms with Crippen LogP contribution in [0.5, 0.6) is 11.5 Å². The number of halogens is 1. The summed E-state index contributed by atoms with van der Waals surface area (Å²) in [4.78, 5) is 4.27. The van der Waals surface area contributed by atoms with Crippen LogP contribution in [0.3, 0.4) is 0 Å². The van der Waals surface area contributed by atoms with Gasteiger partial charge >= 0.3 is 0 Å². The summed E-state index contributed by atoms with van der Waals surface area (Å²) in [7, 11) is 1.79. The van der Waals surface area contributed by atoms with Crippen molar-refractivity contribution in [1.82, 2.24) is 10.6 Å². The third-order valence-corrected chi connectivity index (χ3v) is 4.62. The van der Waals surface area contributed by atoms with Gasteiger partial charge in [0, 0.05) is 33.4 Å². The van der Waals surface area contributed by atoms with Gasteiger partial charge in [-0.2, -0.15) is 0 Å². The lowest BCUT2D eigenvalue weighted by atomic mass is 10.1. The Morgan fingerprint density at radius 2 is 1.90 bits per heavy atom. The molecule has 1 unspecified atom stereocenters. The molecule has 1 aromatic rings. The van der Waals surface area contributed by atoms with Gasteiger partial charge < -0.3 is 29.6 Å². The molecule has 0 aromatic heterocycles. The molecule has 0 bridgehead atoms. The Balaban J connectivity index is 0.00000450. The van der Waals surface area contributed by atoms with Crippen molar-refractivity contribution in [2.24, 2.45) is 4.99 Å². The lowest BCUT2D eigenvalue weighted by Gasteiger charge is -2.14. The Bertz CT molecular complexity index is 610. The van der Waals surface area contributed by atoms with E-state index in [9.17, 15) is 0 Å². The number of ether oxygens (including phenoxy) is 4. The van der Waals surface area contributed by atoms with Gasteiger partial charge in [0.15, 0.2) is 17.5 Å². The number of nitrogens with one attached hydrogen (secondary N) is 2. The summed E-state index contributed by atoms with van der Waals surface area (Å²) in [5.74, 6) is 2.41. The van der Waals surface area contributed by atoms with E-state index in [4.69, 9.17) is 18.9 Å². The first-order valence-corrected chi connectivity index (χ1v) is 10.8. The Hall–Kier alpha value is -1.26. The van der Waals surface area contributed by atoms with Crippen molar-refractivity contribution < 1.29 is 18.9 Å². The molecule has 1 aromatic carbocycles. The van der Waals surface area contributed by atoms with Gasteiger partial charge in [-0.05, 0) is 57.2 Å². The van der Waals surface area contributed by atoms with E-state index in [2.05, 4.69) is 27.8 Å². The molecular formula is C22H38IN3O4. The van der Waals surface area contributed by atoms with Crippen molar-refractivity contribution in [2.45, 2.75) is 45.6 Å². The predicted octanol–water partition coefficient (Wildman–Crippen LogP) is 3.40. The molecule has 172 valence electrons. The zero-order valence-corrected chi connectivity index (χ0v) is 20.9. The first-order chi connectivity index (χ1) is 14.3. The molecule has 0 saturated carbocycles. The number of nitrogens with zero attached hydrogens (tertiary/aromatic N) is 1. The van der Waals surface area contributed by atoms with Crippen LogP contribution in [-0.4, -0.2) is 65.2 Å². The zero-order chi connectivity index (χ0) is 20.7. The molecule has 2 rings (SSSR count). The van der Waals surface area contributed by atoms with Crippen LogP contribution in [0, 0.1) is 0 Å². The van der Waals surface area contributed by atoms with Gasteiger partial charge in [0.25, 0.3) is 0 Å². The summed E-state index contributed by atoms with van der Waals surface area (Å²) in [5.41, 5.74) is 1.20. The second kappa shape index (κ2) is 16.4. The number of guanidine groups is 1. The fourth-order valence-corrected chi connectivity index (χ4v) is 3.17. The van der Waals surface area contributed by atoms with Crippen LogP contribution in [0.25, 0.3) is 0 Å². The van der Waals surface area contributed by atoms with Gasteiger partial charge in [-0.1, -0.05) is 6.07 Å². The van der Waals surface area contributed by atoms with Crippen molar-refractivity contribution in [1.29, 1.82) is 0 Å². The predicted molar refractivity (Wildman–Crippen MR) is 132 cm³/mol. The van der Waals surface area contributed by atoms with E-state index in [1.165, 1.54) is 5.56 Å². The fourth-order valence-electron chi connectivity index (χ4n) is 3.17. The molecule has 1 atom stereocenters. The highest BCUT2D eigenvalue weighted by molar-refractivity contribution is 14.0. The third-order valence-electron chi connectivity index (χ3n) is 4.62. The van der Waals surface area contributed by atoms with Crippen molar-refractivity contribution >= 4 is 29.9 Å². The molecule has 30 heavy (non-hydrogen) atoms. The van der Waals surface area contributed by atoms with Crippen LogP contribution in [0.1, 0.15) is 38.7 Å². The van der Waals surface area contributed by atoms with Gasteiger partial charge in [0.2, 0.25) is 0 Å². The average molecular weight is 535 g/mol. The lowest BCUT2D eigenvalue weighted by Crippen LogP contribution is -2.39. The number of benzene rings is 1. The third kappa shape index (κ3) is 10.2. The highest BCUT2D eigenvalue weighted by atomic mass is 127. The highest BCUT2D eigenvalue weighted by Crippen LogP contribution is 2.28. The second-order valence-corrected chi connectivity index (χ2v) is 6.89. The molecular weight excluding hydrogens is 497 g/mol. The summed E-state index contributed by atoms with van der Waals surface area (Å²) < 4.78 is 22.5. The van der Waals surface area contributed by atoms with Crippen molar-refractivity contribution in [2.75, 3.05) is 53.2 Å².